The molecule has 0 bridgehead atoms. The number of aliphatic hydroxyl groups is 5. The number of anilines is 2. The molecular formula is C44H55N9O14S. The molecule has 0 saturated carbocycles. The van der Waals surface area contributed by atoms with Crippen LogP contribution in [0.15, 0.2) is 106 Å². The van der Waals surface area contributed by atoms with Gasteiger partial charge in [0.05, 0.1) is 57.1 Å². The Hall–Kier alpha value is -6.03. The number of aromatic nitrogens is 3. The van der Waals surface area contributed by atoms with Crippen molar-refractivity contribution in [2.45, 2.75) is 67.5 Å². The van der Waals surface area contributed by atoms with Crippen LogP contribution in [0.25, 0.3) is 10.8 Å². The predicted octanol–water partition coefficient (Wildman–Crippen LogP) is 1.24. The molecule has 366 valence electrons. The van der Waals surface area contributed by atoms with Crippen LogP contribution in [0.3, 0.4) is 0 Å². The number of amides is 2. The number of nitrogens with one attached hydrogen (secondary N) is 3. The van der Waals surface area contributed by atoms with Gasteiger partial charge in [-0.2, -0.15) is 18.6 Å². The first-order valence-corrected chi connectivity index (χ1v) is 22.8. The summed E-state index contributed by atoms with van der Waals surface area (Å²) in [6, 6.07) is 23.4. The van der Waals surface area contributed by atoms with Crippen molar-refractivity contribution in [3.8, 4) is 0 Å². The van der Waals surface area contributed by atoms with Gasteiger partial charge >= 0.3 is 0 Å². The van der Waals surface area contributed by atoms with Crippen LogP contribution in [0, 0.1) is 0 Å². The summed E-state index contributed by atoms with van der Waals surface area (Å²) < 4.78 is 57.5. The van der Waals surface area contributed by atoms with Crippen molar-refractivity contribution < 1.29 is 67.0 Å². The third kappa shape index (κ3) is 13.4. The molecule has 1 fully saturated rings. The van der Waals surface area contributed by atoms with E-state index in [9.17, 15) is 48.1 Å². The fourth-order valence-electron chi connectivity index (χ4n) is 6.84. The highest BCUT2D eigenvalue weighted by Crippen LogP contribution is 2.30. The van der Waals surface area contributed by atoms with E-state index in [0.29, 0.717) is 33.7 Å². The maximum atomic E-state index is 13.4. The lowest BCUT2D eigenvalue weighted by molar-refractivity contribution is -0.355. The van der Waals surface area contributed by atoms with Crippen LogP contribution in [0.4, 0.5) is 22.7 Å². The maximum absolute atomic E-state index is 13.4. The Morgan fingerprint density at radius 1 is 0.882 bits per heavy atom. The number of carbonyl (C=O) groups excluding carboxylic acids is 2. The first-order chi connectivity index (χ1) is 32.5. The minimum Gasteiger partial charge on any atom is -0.394 e. The summed E-state index contributed by atoms with van der Waals surface area (Å²) in [6.07, 6.45) is -8.78. The average molecular weight is 966 g/mol. The standard InChI is InChI=1S/C44H55N9O14S/c1-44(60,42(59)46-19-18-45-34-8-4-7-33-32(34)6-5-9-36(33)68(61,62)63)43(67-41-39(57)38(56)37(55)35(26-54)66-41)65-23-22-64-21-20-53-25-30(50-51-53)24-47-40(58)27-10-12-28(13-11-27)48-49-29-14-16-31(17-15-29)52(2)3/h4-17,25,35,37-39,41,43,45,54-57,60H,18-24,26H2,1-3H3,(H,46,59)(H,47,58)(H,61,62,63)/b49-48+/t35-,37-,38+,39-,41+,43-,44?/m1/s1. The van der Waals surface area contributed by atoms with E-state index in [1.165, 1.54) is 22.9 Å². The Balaban J connectivity index is 0.968. The summed E-state index contributed by atoms with van der Waals surface area (Å²) in [4.78, 5) is 28.0. The van der Waals surface area contributed by atoms with Gasteiger partial charge in [0, 0.05) is 54.9 Å². The molecule has 4 aromatic carbocycles. The second-order valence-corrected chi connectivity index (χ2v) is 17.3. The van der Waals surface area contributed by atoms with Gasteiger partial charge in [-0.25, -0.2) is 4.68 Å². The second kappa shape index (κ2) is 23.3. The van der Waals surface area contributed by atoms with Crippen molar-refractivity contribution in [2.75, 3.05) is 63.8 Å². The van der Waals surface area contributed by atoms with Gasteiger partial charge in [-0.15, -0.1) is 5.10 Å². The van der Waals surface area contributed by atoms with Crippen molar-refractivity contribution in [3.63, 3.8) is 0 Å². The highest BCUT2D eigenvalue weighted by Gasteiger charge is 2.49. The second-order valence-electron chi connectivity index (χ2n) is 15.9. The van der Waals surface area contributed by atoms with Gasteiger partial charge in [0.25, 0.3) is 21.9 Å². The van der Waals surface area contributed by atoms with Gasteiger partial charge in [0.1, 0.15) is 35.0 Å². The van der Waals surface area contributed by atoms with Crippen LogP contribution < -0.4 is 20.9 Å². The van der Waals surface area contributed by atoms with Crippen LogP contribution >= 0.6 is 0 Å². The fraction of sp³-hybridized carbons (Fsp3) is 0.409. The highest BCUT2D eigenvalue weighted by molar-refractivity contribution is 7.86. The Kier molecular flexibility index (Phi) is 17.6. The number of azo groups is 1. The topological polar surface area (TPSA) is 321 Å². The molecule has 68 heavy (non-hydrogen) atoms. The highest BCUT2D eigenvalue weighted by atomic mass is 32.2. The number of benzene rings is 4. The smallest absolute Gasteiger partial charge is 0.295 e. The minimum absolute atomic E-state index is 0.0774. The molecule has 1 aromatic heterocycles. The van der Waals surface area contributed by atoms with Crippen molar-refractivity contribution in [2.24, 2.45) is 10.2 Å². The van der Waals surface area contributed by atoms with E-state index < -0.39 is 65.2 Å². The summed E-state index contributed by atoms with van der Waals surface area (Å²) in [6.45, 7) is 0.412. The molecule has 23 nitrogen and oxygen atoms in total. The first-order valence-electron chi connectivity index (χ1n) is 21.3. The Labute approximate surface area is 391 Å². The normalized spacial score (nSPS) is 19.9. The number of nitrogens with zero attached hydrogens (tertiary/aromatic N) is 6. The van der Waals surface area contributed by atoms with E-state index >= 15 is 0 Å². The summed E-state index contributed by atoms with van der Waals surface area (Å²) in [7, 11) is -0.598. The third-order valence-electron chi connectivity index (χ3n) is 10.7. The van der Waals surface area contributed by atoms with E-state index in [2.05, 4.69) is 36.5 Å². The molecule has 2 heterocycles. The van der Waals surface area contributed by atoms with E-state index in [0.717, 1.165) is 12.6 Å². The number of ether oxygens (including phenoxy) is 4. The monoisotopic (exact) mass is 965 g/mol. The zero-order chi connectivity index (χ0) is 49.0. The van der Waals surface area contributed by atoms with Crippen LogP contribution in [-0.4, -0.2) is 162 Å². The van der Waals surface area contributed by atoms with Gasteiger partial charge in [-0.1, -0.05) is 29.5 Å². The molecule has 1 aliphatic rings. The molecule has 1 aliphatic heterocycles. The molecule has 7 atom stereocenters. The van der Waals surface area contributed by atoms with Gasteiger partial charge < -0.3 is 65.3 Å². The average Bonchev–Trinajstić information content (AvgIpc) is 3.79. The Bertz CT molecular complexity index is 2600. The van der Waals surface area contributed by atoms with Gasteiger partial charge in [-0.3, -0.25) is 14.1 Å². The molecular weight excluding hydrogens is 911 g/mol. The van der Waals surface area contributed by atoms with Crippen LogP contribution in [0.2, 0.25) is 0 Å². The van der Waals surface area contributed by atoms with Crippen molar-refractivity contribution >= 4 is 55.5 Å². The zero-order valence-corrected chi connectivity index (χ0v) is 38.1. The molecule has 5 aromatic rings. The van der Waals surface area contributed by atoms with E-state index in [-0.39, 0.29) is 62.2 Å². The summed E-state index contributed by atoms with van der Waals surface area (Å²) in [5.74, 6) is -1.32. The van der Waals surface area contributed by atoms with Crippen molar-refractivity contribution in [3.05, 3.63) is 102 Å². The number of hydrogen-bond acceptors (Lipinski definition) is 19. The Morgan fingerprint density at radius 2 is 1.56 bits per heavy atom. The molecule has 24 heteroatoms. The van der Waals surface area contributed by atoms with Gasteiger partial charge in [0.2, 0.25) is 0 Å². The molecule has 6 rings (SSSR count). The lowest BCUT2D eigenvalue weighted by Crippen LogP contribution is -2.62. The number of aliphatic hydroxyl groups excluding tert-OH is 4. The van der Waals surface area contributed by atoms with E-state index in [1.54, 1.807) is 48.7 Å². The summed E-state index contributed by atoms with van der Waals surface area (Å²) in [5.41, 5.74) is 1.23. The van der Waals surface area contributed by atoms with Crippen LogP contribution in [-0.2, 0) is 46.9 Å². The molecule has 0 spiro atoms. The van der Waals surface area contributed by atoms with E-state index in [4.69, 9.17) is 18.9 Å². The number of hydrogen-bond donors (Lipinski definition) is 9. The predicted molar refractivity (Wildman–Crippen MR) is 244 cm³/mol. The molecule has 9 N–H and O–H groups in total. The molecule has 0 aliphatic carbocycles. The summed E-state index contributed by atoms with van der Waals surface area (Å²) >= 11 is 0. The van der Waals surface area contributed by atoms with Gasteiger partial charge in [0.15, 0.2) is 18.2 Å². The summed E-state index contributed by atoms with van der Waals surface area (Å²) in [5, 5.41) is 78.2. The maximum Gasteiger partial charge on any atom is 0.295 e. The van der Waals surface area contributed by atoms with E-state index in [1.807, 2.05) is 43.3 Å². The first kappa shape index (κ1) is 51.4. The van der Waals surface area contributed by atoms with Crippen molar-refractivity contribution in [1.29, 1.82) is 0 Å². The lowest BCUT2D eigenvalue weighted by Gasteiger charge is -2.42. The number of carbonyl (C=O) groups is 2. The molecule has 0 radical (unpaired) electrons. The quantitative estimate of drug-likeness (QED) is 0.0192. The fourth-order valence-corrected chi connectivity index (χ4v) is 7.55. The largest absolute Gasteiger partial charge is 0.394 e. The molecule has 1 unspecified atom stereocenters. The van der Waals surface area contributed by atoms with Gasteiger partial charge in [-0.05, 0) is 67.6 Å². The number of rotatable bonds is 23. The molecule has 2 amide bonds. The minimum atomic E-state index is -4.50. The number of fused-ring (bicyclic) bond motifs is 1. The Morgan fingerprint density at radius 3 is 2.24 bits per heavy atom. The lowest BCUT2D eigenvalue weighted by atomic mass is 9.99. The zero-order valence-electron chi connectivity index (χ0n) is 37.3. The molecule has 1 saturated heterocycles. The van der Waals surface area contributed by atoms with Crippen molar-refractivity contribution in [1.82, 2.24) is 25.6 Å². The van der Waals surface area contributed by atoms with Crippen LogP contribution in [0.5, 0.6) is 0 Å². The van der Waals surface area contributed by atoms with Crippen LogP contribution in [0.1, 0.15) is 23.0 Å². The SMILES string of the molecule is CN(C)c1ccc(/N=N/c2ccc(C(=O)NCc3cn(CCOCCO[C@H](O[C@@H]4O[C@H](CO)[C@@H](O)[C@H](O)[C@H]4O)C(C)(O)C(=O)NCCNc4cccc5c(S(=O)(=O)O)cccc45)nn3)cc2)cc1. The third-order valence-corrected chi connectivity index (χ3v) is 11.6.